The third-order valence-electron chi connectivity index (χ3n) is 4.64. The van der Waals surface area contributed by atoms with Gasteiger partial charge in [-0.05, 0) is 36.8 Å². The molecule has 0 bridgehead atoms. The Morgan fingerprint density at radius 3 is 2.61 bits per heavy atom. The van der Waals surface area contributed by atoms with Gasteiger partial charge >= 0.3 is 0 Å². The second-order valence-electron chi connectivity index (χ2n) is 6.83. The first-order valence-electron chi connectivity index (χ1n) is 9.94. The first kappa shape index (κ1) is 25.0. The molecule has 2 aromatic rings. The molecule has 1 aliphatic heterocycles. The molecule has 168 valence electrons. The number of carbonyl (C=O) groups is 2. The van der Waals surface area contributed by atoms with E-state index in [4.69, 9.17) is 16.0 Å². The molecule has 2 N–H and O–H groups in total. The molecule has 0 saturated carbocycles. The highest BCUT2D eigenvalue weighted by Gasteiger charge is 2.26. The third-order valence-corrected chi connectivity index (χ3v) is 4.90. The van der Waals surface area contributed by atoms with Gasteiger partial charge in [0.1, 0.15) is 0 Å². The van der Waals surface area contributed by atoms with E-state index in [1.54, 1.807) is 12.1 Å². The van der Waals surface area contributed by atoms with Crippen LogP contribution in [0.1, 0.15) is 23.0 Å². The van der Waals surface area contributed by atoms with Crippen LogP contribution in [0.5, 0.6) is 0 Å². The van der Waals surface area contributed by atoms with Crippen LogP contribution in [0.15, 0.2) is 52.1 Å². The number of hydrogen-bond acceptors (Lipinski definition) is 4. The van der Waals surface area contributed by atoms with Crippen LogP contribution >= 0.6 is 35.6 Å². The van der Waals surface area contributed by atoms with E-state index in [1.165, 1.54) is 6.26 Å². The number of aliphatic imine (C=N–C) groups is 1. The number of guanidine groups is 1. The van der Waals surface area contributed by atoms with Crippen molar-refractivity contribution >= 4 is 53.4 Å². The number of amides is 2. The maximum absolute atomic E-state index is 12.6. The molecule has 3 rings (SSSR count). The molecule has 1 aromatic carbocycles. The summed E-state index contributed by atoms with van der Waals surface area (Å²) < 4.78 is 5.06. The molecule has 2 amide bonds. The summed E-state index contributed by atoms with van der Waals surface area (Å²) in [7, 11) is 0. The minimum absolute atomic E-state index is 0. The minimum Gasteiger partial charge on any atom is -0.459 e. The van der Waals surface area contributed by atoms with Crippen molar-refractivity contribution in [1.82, 2.24) is 20.4 Å². The van der Waals surface area contributed by atoms with Gasteiger partial charge in [-0.1, -0.05) is 23.7 Å². The molecule has 0 radical (unpaired) electrons. The third kappa shape index (κ3) is 7.42. The maximum atomic E-state index is 12.6. The van der Waals surface area contributed by atoms with Crippen LogP contribution in [0.25, 0.3) is 0 Å². The highest BCUT2D eigenvalue weighted by molar-refractivity contribution is 14.0. The fourth-order valence-electron chi connectivity index (χ4n) is 3.12. The Balaban J connectivity index is 0.00000341. The van der Waals surface area contributed by atoms with E-state index in [2.05, 4.69) is 15.6 Å². The Hall–Kier alpha value is -2.27. The van der Waals surface area contributed by atoms with Crippen molar-refractivity contribution in [1.29, 1.82) is 0 Å². The van der Waals surface area contributed by atoms with Gasteiger partial charge in [0.15, 0.2) is 11.7 Å². The maximum Gasteiger partial charge on any atom is 0.287 e. The van der Waals surface area contributed by atoms with Crippen molar-refractivity contribution in [3.05, 3.63) is 59.0 Å². The quantitative estimate of drug-likeness (QED) is 0.236. The van der Waals surface area contributed by atoms with Crippen LogP contribution in [-0.4, -0.2) is 66.8 Å². The Morgan fingerprint density at radius 1 is 1.19 bits per heavy atom. The minimum atomic E-state index is -0.272. The Morgan fingerprint density at radius 2 is 1.97 bits per heavy atom. The van der Waals surface area contributed by atoms with Crippen LogP contribution in [0.4, 0.5) is 0 Å². The van der Waals surface area contributed by atoms with E-state index in [-0.39, 0.29) is 48.1 Å². The number of nitrogens with one attached hydrogen (secondary N) is 2. The molecule has 10 heteroatoms. The highest BCUT2D eigenvalue weighted by atomic mass is 127. The first-order valence-corrected chi connectivity index (χ1v) is 10.3. The molecular weight excluding hydrogens is 533 g/mol. The van der Waals surface area contributed by atoms with E-state index in [1.807, 2.05) is 41.0 Å². The van der Waals surface area contributed by atoms with Crippen molar-refractivity contribution in [2.75, 3.05) is 39.3 Å². The zero-order chi connectivity index (χ0) is 21.3. The van der Waals surface area contributed by atoms with Crippen molar-refractivity contribution < 1.29 is 14.0 Å². The lowest BCUT2D eigenvalue weighted by Gasteiger charge is -2.36. The highest BCUT2D eigenvalue weighted by Crippen LogP contribution is 2.13. The van der Waals surface area contributed by atoms with Crippen molar-refractivity contribution in [2.24, 2.45) is 4.99 Å². The summed E-state index contributed by atoms with van der Waals surface area (Å²) in [6.07, 6.45) is 1.46. The smallest absolute Gasteiger partial charge is 0.287 e. The second kappa shape index (κ2) is 12.6. The lowest BCUT2D eigenvalue weighted by molar-refractivity contribution is -0.135. The molecule has 31 heavy (non-hydrogen) atoms. The molecule has 2 heterocycles. The molecule has 0 aliphatic carbocycles. The molecule has 8 nitrogen and oxygen atoms in total. The van der Waals surface area contributed by atoms with Gasteiger partial charge in [-0.3, -0.25) is 14.6 Å². The van der Waals surface area contributed by atoms with Crippen LogP contribution in [0, 0.1) is 0 Å². The average molecular weight is 560 g/mol. The Kier molecular flexibility index (Phi) is 10.1. The summed E-state index contributed by atoms with van der Waals surface area (Å²) in [5.74, 6) is 0.719. The van der Waals surface area contributed by atoms with Crippen LogP contribution in [0.2, 0.25) is 5.02 Å². The van der Waals surface area contributed by atoms with Crippen molar-refractivity contribution in [3.8, 4) is 0 Å². The van der Waals surface area contributed by atoms with Gasteiger partial charge in [-0.15, -0.1) is 24.0 Å². The molecule has 0 spiro atoms. The molecular formula is C21H27ClIN5O3. The first-order chi connectivity index (χ1) is 14.6. The fraction of sp³-hybridized carbons (Fsp3) is 0.381. The van der Waals surface area contributed by atoms with E-state index in [0.29, 0.717) is 50.3 Å². The molecule has 1 aromatic heterocycles. The summed E-state index contributed by atoms with van der Waals surface area (Å²) in [6, 6.07) is 10.8. The fourth-order valence-corrected chi connectivity index (χ4v) is 3.24. The van der Waals surface area contributed by atoms with Gasteiger partial charge in [0, 0.05) is 37.7 Å². The number of furan rings is 1. The van der Waals surface area contributed by atoms with Crippen LogP contribution in [-0.2, 0) is 11.3 Å². The molecule has 1 aliphatic rings. The number of carbonyl (C=O) groups excluding carboxylic acids is 2. The predicted molar refractivity (Wildman–Crippen MR) is 131 cm³/mol. The molecule has 0 unspecified atom stereocenters. The normalized spacial score (nSPS) is 14.3. The average Bonchev–Trinajstić information content (AvgIpc) is 3.28. The monoisotopic (exact) mass is 559 g/mol. The number of nitrogens with zero attached hydrogens (tertiary/aromatic N) is 3. The largest absolute Gasteiger partial charge is 0.459 e. The van der Waals surface area contributed by atoms with Crippen LogP contribution < -0.4 is 10.6 Å². The summed E-state index contributed by atoms with van der Waals surface area (Å²) in [5.41, 5.74) is 1.05. The predicted octanol–water partition coefficient (Wildman–Crippen LogP) is 2.59. The number of hydrogen-bond donors (Lipinski definition) is 2. The number of piperazine rings is 1. The lowest BCUT2D eigenvalue weighted by Crippen LogP contribution is -2.55. The topological polar surface area (TPSA) is 90.2 Å². The SMILES string of the molecule is CCNC(=NCCNC(=O)c1ccco1)N1CCN(Cc2ccc(Cl)cc2)C(=O)C1.I. The zero-order valence-electron chi connectivity index (χ0n) is 17.3. The standard InChI is InChI=1S/C21H26ClN5O3.HI/c1-2-23-21(25-10-9-24-20(29)18-4-3-13-30-18)27-12-11-26(19(28)15-27)14-16-5-7-17(22)8-6-16;/h3-8,13H,2,9-12,14-15H2,1H3,(H,23,25)(H,24,29);1H. The lowest BCUT2D eigenvalue weighted by atomic mass is 10.2. The van der Waals surface area contributed by atoms with Gasteiger partial charge in [0.25, 0.3) is 5.91 Å². The Bertz CT molecular complexity index is 874. The number of rotatable bonds is 7. The van der Waals surface area contributed by atoms with E-state index >= 15 is 0 Å². The summed E-state index contributed by atoms with van der Waals surface area (Å²) in [4.78, 5) is 32.9. The van der Waals surface area contributed by atoms with Gasteiger partial charge in [0.05, 0.1) is 19.4 Å². The molecule has 0 atom stereocenters. The van der Waals surface area contributed by atoms with Crippen molar-refractivity contribution in [3.63, 3.8) is 0 Å². The summed E-state index contributed by atoms with van der Waals surface area (Å²) in [5, 5.41) is 6.66. The van der Waals surface area contributed by atoms with Crippen molar-refractivity contribution in [2.45, 2.75) is 13.5 Å². The number of halogens is 2. The Labute approximate surface area is 204 Å². The number of benzene rings is 1. The van der Waals surface area contributed by atoms with Crippen LogP contribution in [0.3, 0.4) is 0 Å². The van der Waals surface area contributed by atoms with E-state index in [0.717, 1.165) is 5.56 Å². The van der Waals surface area contributed by atoms with Gasteiger partial charge in [-0.25, -0.2) is 0 Å². The van der Waals surface area contributed by atoms with E-state index < -0.39 is 0 Å². The molecule has 1 fully saturated rings. The van der Waals surface area contributed by atoms with E-state index in [9.17, 15) is 9.59 Å². The molecule has 1 saturated heterocycles. The second-order valence-corrected chi connectivity index (χ2v) is 7.27. The van der Waals surface area contributed by atoms with Gasteiger partial charge < -0.3 is 24.9 Å². The van der Waals surface area contributed by atoms with Gasteiger partial charge in [-0.2, -0.15) is 0 Å². The summed E-state index contributed by atoms with van der Waals surface area (Å²) in [6.45, 7) is 5.57. The zero-order valence-corrected chi connectivity index (χ0v) is 20.4. The van der Waals surface area contributed by atoms with Gasteiger partial charge in [0.2, 0.25) is 5.91 Å². The summed E-state index contributed by atoms with van der Waals surface area (Å²) >= 11 is 5.93.